The third-order valence-corrected chi connectivity index (χ3v) is 7.75. The van der Waals surface area contributed by atoms with Crippen molar-refractivity contribution in [2.75, 3.05) is 37.7 Å². The summed E-state index contributed by atoms with van der Waals surface area (Å²) in [5.74, 6) is 3.11. The minimum Gasteiger partial charge on any atom is -0.381 e. The van der Waals surface area contributed by atoms with E-state index in [9.17, 15) is 4.79 Å². The molecule has 0 aromatic carbocycles. The third kappa shape index (κ3) is 2.52. The lowest BCUT2D eigenvalue weighted by Crippen LogP contribution is -2.53. The zero-order valence-electron chi connectivity index (χ0n) is 17.8. The molecule has 2 saturated heterocycles. The Hall–Kier alpha value is -2.34. The number of aromatic nitrogens is 2. The summed E-state index contributed by atoms with van der Waals surface area (Å²) in [6, 6.07) is 8.58. The summed E-state index contributed by atoms with van der Waals surface area (Å²) in [6.45, 7) is 8.66. The van der Waals surface area contributed by atoms with E-state index in [1.54, 1.807) is 0 Å². The van der Waals surface area contributed by atoms with Gasteiger partial charge in [0.1, 0.15) is 5.54 Å². The minimum absolute atomic E-state index is 0.176. The van der Waals surface area contributed by atoms with Crippen LogP contribution in [0.25, 0.3) is 5.82 Å². The molecular formula is C24H30N4O2. The highest BCUT2D eigenvalue weighted by atomic mass is 16.5. The largest absolute Gasteiger partial charge is 0.381 e. The fourth-order valence-electron chi connectivity index (χ4n) is 6.05. The maximum absolute atomic E-state index is 13.3. The van der Waals surface area contributed by atoms with E-state index in [-0.39, 0.29) is 11.5 Å². The molecule has 2 aromatic heterocycles. The van der Waals surface area contributed by atoms with Crippen LogP contribution < -0.4 is 4.90 Å². The Labute approximate surface area is 177 Å². The summed E-state index contributed by atoms with van der Waals surface area (Å²) < 4.78 is 7.76. The molecule has 158 valence electrons. The number of nitrogens with zero attached hydrogens (tertiary/aromatic N) is 4. The van der Waals surface area contributed by atoms with Crippen LogP contribution in [0.5, 0.6) is 0 Å². The lowest BCUT2D eigenvalue weighted by atomic mass is 9.88. The Bertz CT molecular complexity index is 975. The van der Waals surface area contributed by atoms with Crippen molar-refractivity contribution >= 4 is 11.6 Å². The van der Waals surface area contributed by atoms with Crippen LogP contribution in [0, 0.1) is 23.7 Å². The van der Waals surface area contributed by atoms with Crippen molar-refractivity contribution in [2.45, 2.75) is 32.2 Å². The average Bonchev–Trinajstić information content (AvgIpc) is 3.23. The molecule has 4 atom stereocenters. The molecular weight excluding hydrogens is 376 g/mol. The van der Waals surface area contributed by atoms with Crippen molar-refractivity contribution < 1.29 is 9.53 Å². The SMILES string of the molecule is CC(C)CCN1c2cccnc2-n2cccc2[C@]12CCN(C(=O)C1[C@H]3COC[C@@H]13)C2. The van der Waals surface area contributed by atoms with E-state index in [4.69, 9.17) is 9.72 Å². The summed E-state index contributed by atoms with van der Waals surface area (Å²) in [6.07, 6.45) is 6.08. The van der Waals surface area contributed by atoms with Crippen LogP contribution in [0.3, 0.4) is 0 Å². The van der Waals surface area contributed by atoms with E-state index in [2.05, 4.69) is 52.6 Å². The number of hydrogen-bond donors (Lipinski definition) is 0. The molecule has 1 saturated carbocycles. The molecule has 2 aromatic rings. The van der Waals surface area contributed by atoms with Crippen LogP contribution in [0.2, 0.25) is 0 Å². The van der Waals surface area contributed by atoms with Crippen molar-refractivity contribution in [1.29, 1.82) is 0 Å². The number of carbonyl (C=O) groups is 1. The summed E-state index contributed by atoms with van der Waals surface area (Å²) >= 11 is 0. The maximum atomic E-state index is 13.3. The molecule has 4 aliphatic rings. The minimum atomic E-state index is -0.176. The summed E-state index contributed by atoms with van der Waals surface area (Å²) in [4.78, 5) is 22.8. The van der Waals surface area contributed by atoms with E-state index in [0.717, 1.165) is 51.5 Å². The van der Waals surface area contributed by atoms with Gasteiger partial charge in [-0.1, -0.05) is 13.8 Å². The molecule has 0 radical (unpaired) electrons. The first kappa shape index (κ1) is 18.4. The van der Waals surface area contributed by atoms with Gasteiger partial charge in [0.15, 0.2) is 5.82 Å². The molecule has 30 heavy (non-hydrogen) atoms. The Morgan fingerprint density at radius 1 is 1.27 bits per heavy atom. The molecule has 6 heteroatoms. The van der Waals surface area contributed by atoms with Gasteiger partial charge >= 0.3 is 0 Å². The Morgan fingerprint density at radius 2 is 2.10 bits per heavy atom. The number of amides is 1. The van der Waals surface area contributed by atoms with Gasteiger partial charge in [-0.25, -0.2) is 4.98 Å². The van der Waals surface area contributed by atoms with E-state index >= 15 is 0 Å². The van der Waals surface area contributed by atoms with E-state index < -0.39 is 0 Å². The molecule has 1 unspecified atom stereocenters. The first-order chi connectivity index (χ1) is 14.6. The lowest BCUT2D eigenvalue weighted by Gasteiger charge is -2.47. The van der Waals surface area contributed by atoms with Gasteiger partial charge in [-0.15, -0.1) is 0 Å². The zero-order chi connectivity index (χ0) is 20.5. The van der Waals surface area contributed by atoms with Crippen LogP contribution in [0.1, 0.15) is 32.4 Å². The monoisotopic (exact) mass is 406 g/mol. The zero-order valence-corrected chi connectivity index (χ0v) is 17.8. The number of hydrogen-bond acceptors (Lipinski definition) is 4. The predicted octanol–water partition coefficient (Wildman–Crippen LogP) is 3.06. The van der Waals surface area contributed by atoms with Crippen molar-refractivity contribution in [3.8, 4) is 5.82 Å². The summed E-state index contributed by atoms with van der Waals surface area (Å²) in [7, 11) is 0. The number of carbonyl (C=O) groups excluding carboxylic acids is 1. The predicted molar refractivity (Wildman–Crippen MR) is 115 cm³/mol. The molecule has 6 rings (SSSR count). The Morgan fingerprint density at radius 3 is 2.90 bits per heavy atom. The van der Waals surface area contributed by atoms with Crippen LogP contribution >= 0.6 is 0 Å². The first-order valence-electron chi connectivity index (χ1n) is 11.4. The fraction of sp³-hybridized carbons (Fsp3) is 0.583. The van der Waals surface area contributed by atoms with Gasteiger partial charge in [-0.2, -0.15) is 0 Å². The smallest absolute Gasteiger partial charge is 0.226 e. The van der Waals surface area contributed by atoms with Crippen molar-refractivity contribution in [2.24, 2.45) is 23.7 Å². The molecule has 0 bridgehead atoms. The summed E-state index contributed by atoms with van der Waals surface area (Å²) in [5, 5.41) is 0. The van der Waals surface area contributed by atoms with Gasteiger partial charge in [0.2, 0.25) is 5.91 Å². The second kappa shape index (κ2) is 6.58. The molecule has 5 heterocycles. The van der Waals surface area contributed by atoms with Crippen LogP contribution in [0.15, 0.2) is 36.7 Å². The number of ether oxygens (including phenoxy) is 1. The van der Waals surface area contributed by atoms with E-state index in [1.807, 2.05) is 12.3 Å². The molecule has 1 aliphatic carbocycles. The van der Waals surface area contributed by atoms with E-state index in [0.29, 0.717) is 23.7 Å². The molecule has 1 spiro atoms. The lowest BCUT2D eigenvalue weighted by molar-refractivity contribution is -0.133. The third-order valence-electron chi connectivity index (χ3n) is 7.75. The average molecular weight is 407 g/mol. The topological polar surface area (TPSA) is 50.6 Å². The quantitative estimate of drug-likeness (QED) is 0.783. The molecule has 1 amide bonds. The highest BCUT2D eigenvalue weighted by Crippen LogP contribution is 2.53. The number of pyridine rings is 1. The molecule has 0 N–H and O–H groups in total. The van der Waals surface area contributed by atoms with Crippen LogP contribution in [0.4, 0.5) is 5.69 Å². The van der Waals surface area contributed by atoms with Crippen LogP contribution in [-0.4, -0.2) is 53.2 Å². The second-order valence-electron chi connectivity index (χ2n) is 9.88. The molecule has 6 nitrogen and oxygen atoms in total. The fourth-order valence-corrected chi connectivity index (χ4v) is 6.05. The van der Waals surface area contributed by atoms with Gasteiger partial charge in [0, 0.05) is 37.9 Å². The van der Waals surface area contributed by atoms with Crippen LogP contribution in [-0.2, 0) is 15.1 Å². The second-order valence-corrected chi connectivity index (χ2v) is 9.88. The Kier molecular flexibility index (Phi) is 4.04. The van der Waals surface area contributed by atoms with Gasteiger partial charge < -0.3 is 19.1 Å². The Balaban J connectivity index is 1.37. The number of fused-ring (bicyclic) bond motifs is 5. The maximum Gasteiger partial charge on any atom is 0.226 e. The number of likely N-dealkylation sites (tertiary alicyclic amines) is 1. The summed E-state index contributed by atoms with van der Waals surface area (Å²) in [5.41, 5.74) is 2.28. The standard InChI is InChI=1S/C24H30N4O2/c1-16(2)7-11-28-19-5-3-9-25-22(19)27-10-4-6-20(27)24(28)8-12-26(15-24)23(29)21-17-13-30-14-18(17)21/h3-6,9-10,16-18,21H,7-8,11-15H2,1-2H3/t17-,18+,21?,24-/m1/s1. The number of rotatable bonds is 4. The highest BCUT2D eigenvalue weighted by Gasteiger charge is 2.60. The number of anilines is 1. The van der Waals surface area contributed by atoms with Gasteiger partial charge in [-0.05, 0) is 54.9 Å². The van der Waals surface area contributed by atoms with Gasteiger partial charge in [0.05, 0.1) is 24.6 Å². The van der Waals surface area contributed by atoms with Crippen molar-refractivity contribution in [3.05, 3.63) is 42.4 Å². The highest BCUT2D eigenvalue weighted by molar-refractivity contribution is 5.83. The van der Waals surface area contributed by atoms with Gasteiger partial charge in [-0.3, -0.25) is 4.79 Å². The van der Waals surface area contributed by atoms with Crippen molar-refractivity contribution in [1.82, 2.24) is 14.5 Å². The molecule has 3 fully saturated rings. The van der Waals surface area contributed by atoms with Crippen molar-refractivity contribution in [3.63, 3.8) is 0 Å². The molecule has 3 aliphatic heterocycles. The van der Waals surface area contributed by atoms with Gasteiger partial charge in [0.25, 0.3) is 0 Å². The normalized spacial score (nSPS) is 31.2. The first-order valence-corrected chi connectivity index (χ1v) is 11.4. The van der Waals surface area contributed by atoms with E-state index in [1.165, 1.54) is 11.4 Å².